The highest BCUT2D eigenvalue weighted by atomic mass is 79.9. The van der Waals surface area contributed by atoms with Crippen molar-refractivity contribution < 1.29 is 20.1 Å². The Labute approximate surface area is 112 Å². The number of phenols is 1. The lowest BCUT2D eigenvalue weighted by atomic mass is 10.0. The largest absolute Gasteiger partial charge is 0.508 e. The van der Waals surface area contributed by atoms with Crippen molar-refractivity contribution >= 4 is 32.8 Å². The zero-order valence-corrected chi connectivity index (χ0v) is 11.5. The monoisotopic (exact) mass is 320 g/mol. The molecule has 4 nitrogen and oxygen atoms in total. The fourth-order valence-electron chi connectivity index (χ4n) is 1.26. The highest BCUT2D eigenvalue weighted by molar-refractivity contribution is 9.10. The highest BCUT2D eigenvalue weighted by Crippen LogP contribution is 2.30. The molecule has 0 saturated carbocycles. The molecule has 0 saturated heterocycles. The van der Waals surface area contributed by atoms with Gasteiger partial charge in [-0.1, -0.05) is 27.7 Å². The van der Waals surface area contributed by atoms with Gasteiger partial charge in [0.1, 0.15) is 11.9 Å². The minimum absolute atomic E-state index is 0.0858. The average molecular weight is 321 g/mol. The summed E-state index contributed by atoms with van der Waals surface area (Å²) in [7, 11) is 0. The molecule has 0 aliphatic rings. The molecule has 0 fully saturated rings. The Morgan fingerprint density at radius 1 is 1.47 bits per heavy atom. The van der Waals surface area contributed by atoms with Gasteiger partial charge >= 0.3 is 0 Å². The number of hydrogen-bond acceptors (Lipinski definition) is 5. The number of aromatic hydroxyl groups is 1. The van der Waals surface area contributed by atoms with E-state index in [-0.39, 0.29) is 22.2 Å². The SMILES string of the molecule is CC(=O)SCC(O)C(O)c1cc(Br)ccc1O. The van der Waals surface area contributed by atoms with Gasteiger partial charge in [-0.25, -0.2) is 0 Å². The van der Waals surface area contributed by atoms with Crippen LogP contribution in [0, 0.1) is 0 Å². The number of rotatable bonds is 4. The van der Waals surface area contributed by atoms with Gasteiger partial charge in [0, 0.05) is 22.7 Å². The molecule has 1 aromatic rings. The van der Waals surface area contributed by atoms with Crippen molar-refractivity contribution in [2.45, 2.75) is 19.1 Å². The molecular formula is C11H13BrO4S. The lowest BCUT2D eigenvalue weighted by Gasteiger charge is -2.18. The summed E-state index contributed by atoms with van der Waals surface area (Å²) in [5.74, 6) is -0.00444. The Balaban J connectivity index is 2.77. The summed E-state index contributed by atoms with van der Waals surface area (Å²) < 4.78 is 0.691. The molecule has 0 spiro atoms. The van der Waals surface area contributed by atoms with Crippen LogP contribution >= 0.6 is 27.7 Å². The normalized spacial score (nSPS) is 14.4. The number of carbonyl (C=O) groups is 1. The number of benzene rings is 1. The summed E-state index contributed by atoms with van der Waals surface area (Å²) in [4.78, 5) is 10.7. The molecule has 94 valence electrons. The van der Waals surface area contributed by atoms with Gasteiger partial charge in [-0.15, -0.1) is 0 Å². The number of thioether (sulfide) groups is 1. The van der Waals surface area contributed by atoms with E-state index in [2.05, 4.69) is 15.9 Å². The van der Waals surface area contributed by atoms with E-state index in [1.807, 2.05) is 0 Å². The number of halogens is 1. The Hall–Kier alpha value is -0.560. The van der Waals surface area contributed by atoms with Gasteiger partial charge in [0.2, 0.25) is 0 Å². The summed E-state index contributed by atoms with van der Waals surface area (Å²) in [5.41, 5.74) is 0.232. The first kappa shape index (κ1) is 14.5. The average Bonchev–Trinajstić information content (AvgIpc) is 2.28. The van der Waals surface area contributed by atoms with Gasteiger partial charge in [0.15, 0.2) is 5.12 Å². The molecular weight excluding hydrogens is 308 g/mol. The first-order chi connectivity index (χ1) is 7.91. The highest BCUT2D eigenvalue weighted by Gasteiger charge is 2.22. The minimum Gasteiger partial charge on any atom is -0.508 e. The molecule has 6 heteroatoms. The third kappa shape index (κ3) is 4.31. The topological polar surface area (TPSA) is 77.8 Å². The third-order valence-corrected chi connectivity index (χ3v) is 3.54. The molecule has 0 aromatic heterocycles. The van der Waals surface area contributed by atoms with Crippen LogP contribution in [-0.4, -0.2) is 32.3 Å². The predicted octanol–water partition coefficient (Wildman–Crippen LogP) is 1.83. The lowest BCUT2D eigenvalue weighted by Crippen LogP contribution is -2.21. The molecule has 0 aliphatic heterocycles. The Morgan fingerprint density at radius 2 is 2.12 bits per heavy atom. The lowest BCUT2D eigenvalue weighted by molar-refractivity contribution is -0.109. The van der Waals surface area contributed by atoms with E-state index in [4.69, 9.17) is 0 Å². The van der Waals surface area contributed by atoms with Gasteiger partial charge in [-0.2, -0.15) is 0 Å². The van der Waals surface area contributed by atoms with Crippen LogP contribution in [0.15, 0.2) is 22.7 Å². The second kappa shape index (κ2) is 6.39. The van der Waals surface area contributed by atoms with Crippen molar-refractivity contribution in [3.8, 4) is 5.75 Å². The van der Waals surface area contributed by atoms with Crippen molar-refractivity contribution in [3.05, 3.63) is 28.2 Å². The quantitative estimate of drug-likeness (QED) is 0.789. The summed E-state index contributed by atoms with van der Waals surface area (Å²) in [6, 6.07) is 4.58. The zero-order valence-electron chi connectivity index (χ0n) is 9.13. The second-order valence-corrected chi connectivity index (χ2v) is 5.63. The summed E-state index contributed by atoms with van der Waals surface area (Å²) >= 11 is 4.14. The van der Waals surface area contributed by atoms with Crippen molar-refractivity contribution in [2.75, 3.05) is 5.75 Å². The smallest absolute Gasteiger partial charge is 0.185 e. The Kier molecular flexibility index (Phi) is 5.45. The molecule has 0 bridgehead atoms. The summed E-state index contributed by atoms with van der Waals surface area (Å²) in [6.07, 6.45) is -2.33. The second-order valence-electron chi connectivity index (χ2n) is 3.52. The first-order valence-electron chi connectivity index (χ1n) is 4.89. The maximum atomic E-state index is 10.7. The van der Waals surface area contributed by atoms with E-state index in [0.29, 0.717) is 4.47 Å². The molecule has 17 heavy (non-hydrogen) atoms. The van der Waals surface area contributed by atoms with Gasteiger partial charge in [0.05, 0.1) is 6.10 Å². The fourth-order valence-corrected chi connectivity index (χ4v) is 2.23. The standard InChI is InChI=1S/C11H13BrO4S/c1-6(13)17-5-10(15)11(16)8-4-7(12)2-3-9(8)14/h2-4,10-11,14-16H,5H2,1H3. The molecule has 0 amide bonds. The van der Waals surface area contributed by atoms with Gasteiger partial charge < -0.3 is 15.3 Å². The van der Waals surface area contributed by atoms with E-state index in [1.165, 1.54) is 19.1 Å². The maximum Gasteiger partial charge on any atom is 0.185 e. The third-order valence-electron chi connectivity index (χ3n) is 2.13. The molecule has 2 atom stereocenters. The van der Waals surface area contributed by atoms with Crippen LogP contribution in [0.5, 0.6) is 5.75 Å². The van der Waals surface area contributed by atoms with Gasteiger partial charge in [-0.05, 0) is 18.2 Å². The molecule has 0 aliphatic carbocycles. The van der Waals surface area contributed by atoms with Crippen LogP contribution in [0.4, 0.5) is 0 Å². The summed E-state index contributed by atoms with van der Waals surface area (Å²) in [6.45, 7) is 1.39. The fraction of sp³-hybridized carbons (Fsp3) is 0.364. The number of hydrogen-bond donors (Lipinski definition) is 3. The molecule has 3 N–H and O–H groups in total. The van der Waals surface area contributed by atoms with E-state index in [9.17, 15) is 20.1 Å². The number of carbonyl (C=O) groups excluding carboxylic acids is 1. The van der Waals surface area contributed by atoms with E-state index < -0.39 is 12.2 Å². The van der Waals surface area contributed by atoms with Crippen LogP contribution in [0.2, 0.25) is 0 Å². The van der Waals surface area contributed by atoms with Crippen molar-refractivity contribution in [1.29, 1.82) is 0 Å². The first-order valence-corrected chi connectivity index (χ1v) is 6.67. The van der Waals surface area contributed by atoms with Gasteiger partial charge in [-0.3, -0.25) is 4.79 Å². The van der Waals surface area contributed by atoms with Crippen LogP contribution < -0.4 is 0 Å². The van der Waals surface area contributed by atoms with E-state index in [0.717, 1.165) is 11.8 Å². The van der Waals surface area contributed by atoms with Crippen molar-refractivity contribution in [3.63, 3.8) is 0 Å². The predicted molar refractivity (Wildman–Crippen MR) is 69.9 cm³/mol. The molecule has 0 heterocycles. The molecule has 1 rings (SSSR count). The zero-order chi connectivity index (χ0) is 13.0. The Bertz CT molecular complexity index is 410. The van der Waals surface area contributed by atoms with E-state index in [1.54, 1.807) is 6.07 Å². The maximum absolute atomic E-state index is 10.7. The van der Waals surface area contributed by atoms with E-state index >= 15 is 0 Å². The van der Waals surface area contributed by atoms with Crippen molar-refractivity contribution in [1.82, 2.24) is 0 Å². The molecule has 1 aromatic carbocycles. The van der Waals surface area contributed by atoms with Crippen LogP contribution in [0.3, 0.4) is 0 Å². The van der Waals surface area contributed by atoms with Crippen LogP contribution in [-0.2, 0) is 4.79 Å². The van der Waals surface area contributed by atoms with Gasteiger partial charge in [0.25, 0.3) is 0 Å². The molecule has 0 radical (unpaired) electrons. The number of aliphatic hydroxyl groups is 2. The number of phenolic OH excluding ortho intramolecular Hbond substituents is 1. The van der Waals surface area contributed by atoms with Crippen LogP contribution in [0.1, 0.15) is 18.6 Å². The number of aliphatic hydroxyl groups excluding tert-OH is 2. The van der Waals surface area contributed by atoms with Crippen LogP contribution in [0.25, 0.3) is 0 Å². The Morgan fingerprint density at radius 3 is 2.71 bits per heavy atom. The van der Waals surface area contributed by atoms with Crippen molar-refractivity contribution in [2.24, 2.45) is 0 Å². The molecule has 2 unspecified atom stereocenters. The minimum atomic E-state index is -1.22. The summed E-state index contributed by atoms with van der Waals surface area (Å²) in [5, 5.41) is 29.0.